The highest BCUT2D eigenvalue weighted by Crippen LogP contribution is 2.56. The van der Waals surface area contributed by atoms with Gasteiger partial charge in [0.15, 0.2) is 11.7 Å². The lowest BCUT2D eigenvalue weighted by Crippen LogP contribution is -2.63. The zero-order valence-electron chi connectivity index (χ0n) is 51.5. The van der Waals surface area contributed by atoms with E-state index in [0.29, 0.717) is 13.8 Å². The number of carbonyl (C=O) groups is 5. The maximum Gasteiger partial charge on any atom is 0.449 e. The molecule has 0 amide bonds. The van der Waals surface area contributed by atoms with Gasteiger partial charge in [-0.1, -0.05) is 32.9 Å². The number of hydrogen-bond donors (Lipinski definition) is 5. The van der Waals surface area contributed by atoms with Gasteiger partial charge in [0.25, 0.3) is 5.79 Å². The molecule has 0 spiro atoms. The molecule has 4 heterocycles. The number of carbonyl (C=O) groups excluding carboxylic acids is 5. The van der Waals surface area contributed by atoms with E-state index in [1.807, 2.05) is 0 Å². The summed E-state index contributed by atoms with van der Waals surface area (Å²) in [5, 5.41) is 45.6. The smallest absolute Gasteiger partial charge is 0.449 e. The maximum atomic E-state index is 13.8. The summed E-state index contributed by atoms with van der Waals surface area (Å²) in [5.74, 6) is -41.6. The summed E-state index contributed by atoms with van der Waals surface area (Å²) in [5.41, 5.74) is -9.51. The molecule has 10 atom stereocenters. The van der Waals surface area contributed by atoms with Gasteiger partial charge in [-0.3, -0.25) is 0 Å². The average Bonchev–Trinajstić information content (AvgIpc) is 1.59. The van der Waals surface area contributed by atoms with Gasteiger partial charge in [0.2, 0.25) is 11.2 Å². The fraction of sp³-hybridized carbons (Fsp3) is 0.722. The SMILES string of the molecule is C=C(C)C(=O)OC(C)(C1CCC(C(C)(O)C(F)(F)F)CC1)C(F)(F)F.C=C(C)C(=O)OC1(C)COC(O)(C(F)(F)F)C1(F)F.C=C(C)C(=O)OC1COC(O)(C(F)(F)F)C1.C=C(C)C(=O)OC1COC(O)(C(F)(F)F)C1(F)F.C=C(C)C(=O)OCC1COC(O)(C(F)(F)F)C1(F)F. The predicted molar refractivity (Wildman–Crippen MR) is 273 cm³/mol. The first-order valence-electron chi connectivity index (χ1n) is 26.9. The second-order valence-corrected chi connectivity index (χ2v) is 22.9. The molecule has 43 heteroatoms. The van der Waals surface area contributed by atoms with Gasteiger partial charge in [0.05, 0.1) is 38.8 Å². The van der Waals surface area contributed by atoms with E-state index in [-0.39, 0.29) is 53.5 Å². The lowest BCUT2D eigenvalue weighted by molar-refractivity contribution is -0.409. The van der Waals surface area contributed by atoms with Crippen molar-refractivity contribution >= 4 is 29.8 Å². The molecule has 562 valence electrons. The fourth-order valence-corrected chi connectivity index (χ4v) is 8.35. The Balaban J connectivity index is 0.000000611. The molecule has 5 N–H and O–H groups in total. The zero-order chi connectivity index (χ0) is 77.1. The number of ether oxygens (including phenoxy) is 9. The minimum absolute atomic E-state index is 0.0717. The van der Waals surface area contributed by atoms with Crippen molar-refractivity contribution in [3.05, 3.63) is 60.8 Å². The molecule has 5 aliphatic rings. The van der Waals surface area contributed by atoms with E-state index >= 15 is 0 Å². The van der Waals surface area contributed by atoms with E-state index < -0.39 is 194 Å². The number of halogens is 24. The second-order valence-electron chi connectivity index (χ2n) is 22.9. The summed E-state index contributed by atoms with van der Waals surface area (Å²) >= 11 is 0. The number of hydrogen-bond acceptors (Lipinski definition) is 19. The molecule has 5 rings (SSSR count). The van der Waals surface area contributed by atoms with Gasteiger partial charge in [-0.25, -0.2) is 24.0 Å². The van der Waals surface area contributed by atoms with Gasteiger partial charge in [-0.2, -0.15) is 105 Å². The lowest BCUT2D eigenvalue weighted by Gasteiger charge is -2.44. The second kappa shape index (κ2) is 30.1. The van der Waals surface area contributed by atoms with Crippen molar-refractivity contribution < 1.29 is 198 Å². The van der Waals surface area contributed by atoms with E-state index in [2.05, 4.69) is 75.5 Å². The topological polar surface area (TPSA) is 270 Å². The first-order chi connectivity index (χ1) is 42.8. The zero-order valence-corrected chi connectivity index (χ0v) is 51.5. The van der Waals surface area contributed by atoms with Gasteiger partial charge < -0.3 is 68.2 Å². The minimum Gasteiger partial charge on any atom is -0.462 e. The molecule has 4 saturated heterocycles. The summed E-state index contributed by atoms with van der Waals surface area (Å²) in [4.78, 5) is 55.7. The van der Waals surface area contributed by atoms with Crippen molar-refractivity contribution in [2.45, 2.75) is 194 Å². The van der Waals surface area contributed by atoms with Gasteiger partial charge >= 0.3 is 102 Å². The third kappa shape index (κ3) is 19.1. The van der Waals surface area contributed by atoms with Crippen LogP contribution >= 0.6 is 0 Å². The number of alkyl halides is 24. The molecular weight excluding hydrogens is 1410 g/mol. The van der Waals surface area contributed by atoms with E-state index in [9.17, 15) is 134 Å². The summed E-state index contributed by atoms with van der Waals surface area (Å²) < 4.78 is 346. The lowest BCUT2D eigenvalue weighted by atomic mass is 9.69. The Morgan fingerprint density at radius 2 is 0.876 bits per heavy atom. The molecule has 19 nitrogen and oxygen atoms in total. The minimum atomic E-state index is -5.75. The van der Waals surface area contributed by atoms with Crippen LogP contribution < -0.4 is 0 Å². The van der Waals surface area contributed by atoms with Crippen LogP contribution in [0.5, 0.6) is 0 Å². The van der Waals surface area contributed by atoms with Crippen LogP contribution in [0, 0.1) is 17.8 Å². The molecule has 0 aromatic rings. The Hall–Kier alpha value is -5.99. The molecule has 0 bridgehead atoms. The average molecular weight is 1470 g/mol. The largest absolute Gasteiger partial charge is 0.462 e. The van der Waals surface area contributed by atoms with Gasteiger partial charge in [0, 0.05) is 33.8 Å². The van der Waals surface area contributed by atoms with Crippen LogP contribution in [-0.2, 0) is 66.6 Å². The third-order valence-electron chi connectivity index (χ3n) is 14.8. The molecule has 0 aromatic heterocycles. The van der Waals surface area contributed by atoms with E-state index in [1.165, 1.54) is 20.8 Å². The molecule has 0 radical (unpaired) electrons. The first-order valence-corrected chi connectivity index (χ1v) is 26.9. The van der Waals surface area contributed by atoms with Crippen LogP contribution in [0.4, 0.5) is 105 Å². The van der Waals surface area contributed by atoms with Crippen LogP contribution in [0.15, 0.2) is 60.8 Å². The van der Waals surface area contributed by atoms with E-state index in [0.717, 1.165) is 20.8 Å². The van der Waals surface area contributed by atoms with Gasteiger partial charge in [-0.05, 0) is 87.0 Å². The Morgan fingerprint density at radius 1 is 0.485 bits per heavy atom. The quantitative estimate of drug-likeness (QED) is 0.0496. The van der Waals surface area contributed by atoms with Crippen molar-refractivity contribution in [1.82, 2.24) is 0 Å². The highest BCUT2D eigenvalue weighted by molar-refractivity contribution is 5.89. The Morgan fingerprint density at radius 3 is 1.22 bits per heavy atom. The fourth-order valence-electron chi connectivity index (χ4n) is 8.35. The Kier molecular flexibility index (Phi) is 27.6. The standard InChI is InChI=1S/C16H22F6O3.2C10H11F5O4.C9H9F5O4.C9H11F3O4/c1-9(2)12(23)25-14(4,16(20,21)22)11-7-5-10(6-8-11)13(3,24)15(17,18)19;1-5(2)6(16)19-7(3)4-18-9(17,8(7,11)12)10(13,14)15;1-5(2)7(16)18-3-6-4-19-9(17,8(6,11)12)10(13,14)15;1-4(2)6(15)18-5-3-17-8(16,7(5,10)11)9(12,13)14;1-5(2)7(13)16-6-3-8(14,15-4-6)9(10,11)12/h10-11,24H,1,5-8H2,2-4H3;17H,1,4H2,2-3H3;6,17H,1,3-4H2,2H3;5,16H,1,3H2,2H3;6,14H,1,3-4H2,2H3. The summed E-state index contributed by atoms with van der Waals surface area (Å²) in [6, 6.07) is 0. The summed E-state index contributed by atoms with van der Waals surface area (Å²) in [7, 11) is 0. The normalized spacial score (nSPS) is 30.3. The number of aliphatic hydroxyl groups is 5. The number of rotatable bonds is 13. The molecule has 1 saturated carbocycles. The third-order valence-corrected chi connectivity index (χ3v) is 14.8. The summed E-state index contributed by atoms with van der Waals surface area (Å²) in [6.45, 7) is 18.7. The van der Waals surface area contributed by atoms with Crippen molar-refractivity contribution in [1.29, 1.82) is 0 Å². The van der Waals surface area contributed by atoms with E-state index in [1.54, 1.807) is 0 Å². The molecule has 5 fully saturated rings. The molecule has 4 aliphatic heterocycles. The number of esters is 5. The first kappa shape index (κ1) is 89.0. The van der Waals surface area contributed by atoms with E-state index in [4.69, 9.17) is 20.4 Å². The van der Waals surface area contributed by atoms with Crippen LogP contribution in [0.3, 0.4) is 0 Å². The highest BCUT2D eigenvalue weighted by Gasteiger charge is 2.83. The summed E-state index contributed by atoms with van der Waals surface area (Å²) in [6.07, 6.45) is -37.3. The van der Waals surface area contributed by atoms with Crippen LogP contribution in [0.25, 0.3) is 0 Å². The molecule has 0 aromatic carbocycles. The van der Waals surface area contributed by atoms with Gasteiger partial charge in [-0.15, -0.1) is 0 Å². The van der Waals surface area contributed by atoms with Crippen molar-refractivity contribution in [2.75, 3.05) is 33.0 Å². The predicted octanol–water partition coefficient (Wildman–Crippen LogP) is 10.5. The molecule has 97 heavy (non-hydrogen) atoms. The Labute approximate surface area is 532 Å². The molecular formula is C54H64F24O19. The monoisotopic (exact) mass is 1470 g/mol. The van der Waals surface area contributed by atoms with Crippen molar-refractivity contribution in [2.24, 2.45) is 17.8 Å². The van der Waals surface area contributed by atoms with Crippen molar-refractivity contribution in [3.8, 4) is 0 Å². The van der Waals surface area contributed by atoms with Crippen LogP contribution in [0.1, 0.15) is 87.5 Å². The van der Waals surface area contributed by atoms with Crippen LogP contribution in [-0.4, -0.2) is 195 Å². The maximum absolute atomic E-state index is 13.8. The highest BCUT2D eigenvalue weighted by atomic mass is 19.4. The van der Waals surface area contributed by atoms with Gasteiger partial charge in [0.1, 0.15) is 12.7 Å². The van der Waals surface area contributed by atoms with Crippen molar-refractivity contribution in [3.63, 3.8) is 0 Å². The molecule has 1 aliphatic carbocycles. The Bertz CT molecular complexity index is 2890. The molecule has 10 unspecified atom stereocenters. The van der Waals surface area contributed by atoms with Crippen LogP contribution in [0.2, 0.25) is 0 Å².